The molecule has 0 amide bonds. The molecular formula is C3H6LaN3O12. The van der Waals surface area contributed by atoms with Gasteiger partial charge < -0.3 is 56.2 Å². The molecule has 0 rings (SSSR count). The van der Waals surface area contributed by atoms with Gasteiger partial charge in [-0.2, -0.15) is 0 Å². The number of aliphatic carboxylic acids is 1. The van der Waals surface area contributed by atoms with Crippen molar-refractivity contribution in [3.8, 4) is 0 Å². The molecule has 0 saturated carbocycles. The fraction of sp³-hybridized carbons (Fsp3) is 0.667. The summed E-state index contributed by atoms with van der Waals surface area (Å²) in [4.78, 5) is 34.2. The molecule has 15 nitrogen and oxygen atoms in total. The Morgan fingerprint density at radius 2 is 0.947 bits per heavy atom. The Bertz CT molecular complexity index is 226. The fourth-order valence-electron chi connectivity index (χ4n) is 0. The summed E-state index contributed by atoms with van der Waals surface area (Å²) >= 11 is 0. The minimum Gasteiger partial charge on any atom is -0.479 e. The molecule has 0 saturated heterocycles. The molecule has 1 atom stereocenters. The Morgan fingerprint density at radius 1 is 0.895 bits per heavy atom. The summed E-state index contributed by atoms with van der Waals surface area (Å²) in [6.45, 7) is 1.20. The Hall–Kier alpha value is -1.78. The van der Waals surface area contributed by atoms with E-state index in [-0.39, 0.29) is 35.6 Å². The third-order valence-electron chi connectivity index (χ3n) is 0.357. The Balaban J connectivity index is -0.0000000459. The van der Waals surface area contributed by atoms with Gasteiger partial charge >= 0.3 is 41.6 Å². The molecule has 0 heterocycles. The molecule has 1 unspecified atom stereocenters. The van der Waals surface area contributed by atoms with Crippen molar-refractivity contribution in [1.82, 2.24) is 0 Å². The number of carboxylic acid groups (broad SMARTS) is 1. The maximum Gasteiger partial charge on any atom is 3.00 e. The summed E-state index contributed by atoms with van der Waals surface area (Å²) in [6.07, 6.45) is -1.23. The van der Waals surface area contributed by atoms with Crippen LogP contribution in [0.2, 0.25) is 0 Å². The zero-order valence-corrected chi connectivity index (χ0v) is 12.6. The van der Waals surface area contributed by atoms with Crippen LogP contribution in [0.4, 0.5) is 0 Å². The van der Waals surface area contributed by atoms with Gasteiger partial charge in [-0.1, -0.05) is 0 Å². The number of carboxylic acids is 1. The van der Waals surface area contributed by atoms with Crippen LogP contribution < -0.4 is 0 Å². The second-order valence-electron chi connectivity index (χ2n) is 1.69. The second-order valence-corrected chi connectivity index (χ2v) is 1.69. The van der Waals surface area contributed by atoms with E-state index in [0.29, 0.717) is 0 Å². The average Bonchev–Trinajstić information content (AvgIpc) is 1.99. The summed E-state index contributed by atoms with van der Waals surface area (Å²) in [7, 11) is 0. The van der Waals surface area contributed by atoms with Gasteiger partial charge in [-0.15, -0.1) is 0 Å². The molecule has 0 bridgehead atoms. The largest absolute Gasteiger partial charge is 3.00 e. The van der Waals surface area contributed by atoms with Crippen LogP contribution in [-0.4, -0.2) is 37.5 Å². The number of hydrogen-bond donors (Lipinski definition) is 2. The van der Waals surface area contributed by atoms with Gasteiger partial charge in [-0.25, -0.2) is 4.79 Å². The van der Waals surface area contributed by atoms with Crippen LogP contribution in [0, 0.1) is 81.6 Å². The molecule has 19 heavy (non-hydrogen) atoms. The van der Waals surface area contributed by atoms with Gasteiger partial charge in [0, 0.05) is 0 Å². The van der Waals surface area contributed by atoms with Crippen molar-refractivity contribution < 1.29 is 65.9 Å². The molecular weight excluding hydrogens is 409 g/mol. The molecule has 2 N–H and O–H groups in total. The second kappa shape index (κ2) is 21.5. The van der Waals surface area contributed by atoms with Crippen molar-refractivity contribution in [1.29, 1.82) is 0 Å². The molecule has 108 valence electrons. The number of aliphatic hydroxyl groups is 1. The van der Waals surface area contributed by atoms with E-state index in [1.165, 1.54) is 6.92 Å². The van der Waals surface area contributed by atoms with Gasteiger partial charge in [0.15, 0.2) is 0 Å². The summed E-state index contributed by atoms with van der Waals surface area (Å²) in [5.41, 5.74) is 0. The van der Waals surface area contributed by atoms with Crippen LogP contribution in [0.15, 0.2) is 0 Å². The van der Waals surface area contributed by atoms with Gasteiger partial charge in [0.1, 0.15) is 6.10 Å². The standard InChI is InChI=1S/C3H6O3.La.3NO3/c1-2(4)3(5)6;;3*2-1(3)4/h2,4H,1H3,(H,5,6);;;;/q;+3;3*-1. The molecule has 0 aromatic rings. The minimum atomic E-state index is -1.75. The van der Waals surface area contributed by atoms with Crippen LogP contribution in [0.5, 0.6) is 0 Å². The molecule has 0 aliphatic heterocycles. The van der Waals surface area contributed by atoms with Gasteiger partial charge in [0.05, 0.1) is 15.3 Å². The van der Waals surface area contributed by atoms with Crippen molar-refractivity contribution >= 4 is 5.97 Å². The Morgan fingerprint density at radius 3 is 0.947 bits per heavy atom. The minimum absolute atomic E-state index is 0. The van der Waals surface area contributed by atoms with Gasteiger partial charge in [-0.3, -0.25) is 0 Å². The zero-order valence-electron chi connectivity index (χ0n) is 8.97. The van der Waals surface area contributed by atoms with Crippen molar-refractivity contribution in [2.24, 2.45) is 0 Å². The van der Waals surface area contributed by atoms with Crippen LogP contribution in [0.25, 0.3) is 0 Å². The van der Waals surface area contributed by atoms with Crippen LogP contribution in [-0.2, 0) is 4.79 Å². The summed E-state index contributed by atoms with van der Waals surface area (Å²) in [5, 5.41) is 60.0. The predicted octanol–water partition coefficient (Wildman–Crippen LogP) is -1.27. The van der Waals surface area contributed by atoms with Gasteiger partial charge in [-0.05, 0) is 6.92 Å². The number of carbonyl (C=O) groups is 1. The first kappa shape index (κ1) is 30.3. The molecule has 0 aliphatic rings. The maximum atomic E-state index is 9.45. The number of aliphatic hydroxyl groups excluding tert-OH is 1. The summed E-state index contributed by atoms with van der Waals surface area (Å²) in [6, 6.07) is 0. The topological polar surface area (TPSA) is 256 Å². The molecule has 0 fully saturated rings. The van der Waals surface area contributed by atoms with Crippen molar-refractivity contribution in [2.75, 3.05) is 0 Å². The number of rotatable bonds is 1. The van der Waals surface area contributed by atoms with Crippen LogP contribution in [0.3, 0.4) is 0 Å². The summed E-state index contributed by atoms with van der Waals surface area (Å²) in [5.74, 6) is -1.19. The molecule has 16 heteroatoms. The van der Waals surface area contributed by atoms with Crippen LogP contribution >= 0.6 is 0 Å². The first-order valence-corrected chi connectivity index (χ1v) is 3.20. The van der Waals surface area contributed by atoms with Crippen molar-refractivity contribution in [3.05, 3.63) is 46.0 Å². The van der Waals surface area contributed by atoms with Gasteiger partial charge in [0.2, 0.25) is 0 Å². The van der Waals surface area contributed by atoms with E-state index in [0.717, 1.165) is 0 Å². The normalized spacial score (nSPS) is 8.11. The number of hydrogen-bond acceptors (Lipinski definition) is 11. The van der Waals surface area contributed by atoms with E-state index >= 15 is 0 Å². The first-order chi connectivity index (χ1) is 7.84. The van der Waals surface area contributed by atoms with E-state index in [9.17, 15) is 4.79 Å². The Kier molecular flexibility index (Phi) is 34.3. The first-order valence-electron chi connectivity index (χ1n) is 3.20. The molecule has 0 spiro atoms. The zero-order chi connectivity index (χ0) is 15.9. The van der Waals surface area contributed by atoms with Crippen molar-refractivity contribution in [3.63, 3.8) is 0 Å². The smallest absolute Gasteiger partial charge is 0.479 e. The van der Waals surface area contributed by atoms with E-state index < -0.39 is 27.3 Å². The molecule has 0 aromatic carbocycles. The third kappa shape index (κ3) is 663. The van der Waals surface area contributed by atoms with E-state index in [2.05, 4.69) is 0 Å². The Labute approximate surface area is 131 Å². The van der Waals surface area contributed by atoms with E-state index in [1.807, 2.05) is 0 Å². The third-order valence-corrected chi connectivity index (χ3v) is 0.357. The van der Waals surface area contributed by atoms with E-state index in [1.54, 1.807) is 0 Å². The SMILES string of the molecule is CC(O)C(=O)O.O=[N+]([O-])[O-].O=[N+]([O-])[O-].O=[N+]([O-])[O-].[La+3]. The molecule has 0 aliphatic carbocycles. The fourth-order valence-corrected chi connectivity index (χ4v) is 0. The number of nitrogens with zero attached hydrogens (tertiary/aromatic N) is 3. The predicted molar refractivity (Wildman–Crippen MR) is 50.4 cm³/mol. The monoisotopic (exact) mass is 415 g/mol. The van der Waals surface area contributed by atoms with Gasteiger partial charge in [0.25, 0.3) is 0 Å². The average molecular weight is 415 g/mol. The maximum absolute atomic E-state index is 9.45. The van der Waals surface area contributed by atoms with Crippen molar-refractivity contribution in [2.45, 2.75) is 13.0 Å². The summed E-state index contributed by atoms with van der Waals surface area (Å²) < 4.78 is 0. The molecule has 0 aromatic heterocycles. The quantitative estimate of drug-likeness (QED) is 0.375. The van der Waals surface area contributed by atoms with Crippen LogP contribution in [0.1, 0.15) is 6.92 Å². The molecule has 0 radical (unpaired) electrons. The van der Waals surface area contributed by atoms with E-state index in [4.69, 9.17) is 56.2 Å².